The lowest BCUT2D eigenvalue weighted by Gasteiger charge is -2.11. The first-order valence-corrected chi connectivity index (χ1v) is 4.58. The maximum absolute atomic E-state index is 5.90. The van der Waals surface area contributed by atoms with Crippen LogP contribution in [0.3, 0.4) is 0 Å². The SMILES string of the molecule is COc1c(C)nc(C(C)OC)nc1Cl. The van der Waals surface area contributed by atoms with Crippen LogP contribution in [-0.2, 0) is 4.74 Å². The lowest BCUT2D eigenvalue weighted by Crippen LogP contribution is -2.06. The van der Waals surface area contributed by atoms with Crippen LogP contribution in [0, 0.1) is 6.92 Å². The van der Waals surface area contributed by atoms with Gasteiger partial charge in [-0.05, 0) is 13.8 Å². The van der Waals surface area contributed by atoms with E-state index < -0.39 is 0 Å². The minimum absolute atomic E-state index is 0.169. The fraction of sp³-hybridized carbons (Fsp3) is 0.556. The number of rotatable bonds is 3. The maximum Gasteiger partial charge on any atom is 0.177 e. The number of aromatic nitrogens is 2. The Hall–Kier alpha value is -0.870. The van der Waals surface area contributed by atoms with Gasteiger partial charge in [0.25, 0.3) is 0 Å². The Kier molecular flexibility index (Phi) is 3.66. The molecule has 0 radical (unpaired) electrons. The molecule has 78 valence electrons. The predicted molar refractivity (Wildman–Crippen MR) is 53.8 cm³/mol. The molecular weight excluding hydrogens is 204 g/mol. The van der Waals surface area contributed by atoms with Gasteiger partial charge in [-0.2, -0.15) is 0 Å². The first-order chi connectivity index (χ1) is 6.60. The zero-order valence-corrected chi connectivity index (χ0v) is 9.42. The van der Waals surface area contributed by atoms with Crippen LogP contribution in [0.4, 0.5) is 0 Å². The molecule has 0 fully saturated rings. The zero-order chi connectivity index (χ0) is 10.7. The molecule has 1 atom stereocenters. The minimum atomic E-state index is -0.169. The van der Waals surface area contributed by atoms with Crippen molar-refractivity contribution in [1.29, 1.82) is 0 Å². The van der Waals surface area contributed by atoms with Crippen molar-refractivity contribution in [1.82, 2.24) is 9.97 Å². The van der Waals surface area contributed by atoms with Gasteiger partial charge in [-0.25, -0.2) is 9.97 Å². The van der Waals surface area contributed by atoms with E-state index in [0.717, 1.165) is 0 Å². The van der Waals surface area contributed by atoms with Gasteiger partial charge >= 0.3 is 0 Å². The second-order valence-corrected chi connectivity index (χ2v) is 3.23. The molecule has 0 amide bonds. The van der Waals surface area contributed by atoms with Crippen LogP contribution >= 0.6 is 11.6 Å². The summed E-state index contributed by atoms with van der Waals surface area (Å²) in [7, 11) is 3.14. The summed E-state index contributed by atoms with van der Waals surface area (Å²) in [5.41, 5.74) is 0.714. The molecule has 0 N–H and O–H groups in total. The molecule has 0 saturated heterocycles. The topological polar surface area (TPSA) is 44.2 Å². The van der Waals surface area contributed by atoms with Crippen molar-refractivity contribution in [3.05, 3.63) is 16.7 Å². The molecule has 0 aliphatic rings. The molecular formula is C9H13ClN2O2. The molecule has 1 aromatic rings. The van der Waals surface area contributed by atoms with Crippen LogP contribution in [0.25, 0.3) is 0 Å². The summed E-state index contributed by atoms with van der Waals surface area (Å²) >= 11 is 5.90. The Morgan fingerprint density at radius 2 is 1.93 bits per heavy atom. The van der Waals surface area contributed by atoms with Crippen LogP contribution in [0.15, 0.2) is 0 Å². The van der Waals surface area contributed by atoms with Gasteiger partial charge in [-0.3, -0.25) is 0 Å². The highest BCUT2D eigenvalue weighted by Crippen LogP contribution is 2.26. The summed E-state index contributed by atoms with van der Waals surface area (Å²) in [5, 5.41) is 0.318. The van der Waals surface area contributed by atoms with Crippen LogP contribution in [0.5, 0.6) is 5.75 Å². The zero-order valence-electron chi connectivity index (χ0n) is 8.67. The highest BCUT2D eigenvalue weighted by molar-refractivity contribution is 6.30. The van der Waals surface area contributed by atoms with E-state index in [4.69, 9.17) is 21.1 Å². The largest absolute Gasteiger partial charge is 0.492 e. The fourth-order valence-corrected chi connectivity index (χ4v) is 1.37. The number of ether oxygens (including phenoxy) is 2. The van der Waals surface area contributed by atoms with E-state index >= 15 is 0 Å². The summed E-state index contributed by atoms with van der Waals surface area (Å²) in [6, 6.07) is 0. The molecule has 1 heterocycles. The molecule has 5 heteroatoms. The number of aryl methyl sites for hydroxylation is 1. The van der Waals surface area contributed by atoms with Crippen molar-refractivity contribution in [2.45, 2.75) is 20.0 Å². The second kappa shape index (κ2) is 4.57. The van der Waals surface area contributed by atoms with Gasteiger partial charge < -0.3 is 9.47 Å². The standard InChI is InChI=1S/C9H13ClN2O2/c1-5-7(14-4)8(10)12-9(11-5)6(2)13-3/h6H,1-4H3. The predicted octanol–water partition coefficient (Wildman–Crippen LogP) is 2.15. The van der Waals surface area contributed by atoms with Gasteiger partial charge in [0.2, 0.25) is 0 Å². The van der Waals surface area contributed by atoms with Crippen molar-refractivity contribution >= 4 is 11.6 Å². The monoisotopic (exact) mass is 216 g/mol. The van der Waals surface area contributed by atoms with Crippen LogP contribution in [0.1, 0.15) is 24.5 Å². The average Bonchev–Trinajstić information content (AvgIpc) is 2.16. The smallest absolute Gasteiger partial charge is 0.177 e. The minimum Gasteiger partial charge on any atom is -0.492 e. The number of hydrogen-bond donors (Lipinski definition) is 0. The number of methoxy groups -OCH3 is 2. The van der Waals surface area contributed by atoms with E-state index in [0.29, 0.717) is 22.4 Å². The van der Waals surface area contributed by atoms with E-state index in [1.807, 2.05) is 13.8 Å². The van der Waals surface area contributed by atoms with E-state index in [9.17, 15) is 0 Å². The number of hydrogen-bond acceptors (Lipinski definition) is 4. The Labute approximate surface area is 88.2 Å². The summed E-state index contributed by atoms with van der Waals surface area (Å²) in [6.45, 7) is 3.68. The van der Waals surface area contributed by atoms with Crippen molar-refractivity contribution in [2.24, 2.45) is 0 Å². The van der Waals surface area contributed by atoms with Crippen LogP contribution in [0.2, 0.25) is 5.15 Å². The van der Waals surface area contributed by atoms with Gasteiger partial charge in [-0.15, -0.1) is 0 Å². The Morgan fingerprint density at radius 3 is 2.36 bits per heavy atom. The molecule has 0 aliphatic carbocycles. The molecule has 1 unspecified atom stereocenters. The highest BCUT2D eigenvalue weighted by atomic mass is 35.5. The quantitative estimate of drug-likeness (QED) is 0.727. The Bertz CT molecular complexity index is 308. The third kappa shape index (κ3) is 2.13. The Morgan fingerprint density at radius 1 is 1.29 bits per heavy atom. The van der Waals surface area contributed by atoms with Gasteiger partial charge in [-0.1, -0.05) is 11.6 Å². The number of halogens is 1. The van der Waals surface area contributed by atoms with Crippen molar-refractivity contribution in [3.8, 4) is 5.75 Å². The maximum atomic E-state index is 5.90. The van der Waals surface area contributed by atoms with Crippen molar-refractivity contribution in [2.75, 3.05) is 14.2 Å². The summed E-state index contributed by atoms with van der Waals surface area (Å²) in [6.07, 6.45) is -0.169. The lowest BCUT2D eigenvalue weighted by atomic mass is 10.3. The van der Waals surface area contributed by atoms with Gasteiger partial charge in [0, 0.05) is 7.11 Å². The average molecular weight is 217 g/mol. The second-order valence-electron chi connectivity index (χ2n) is 2.87. The Balaban J connectivity index is 3.13. The first-order valence-electron chi connectivity index (χ1n) is 4.21. The van der Waals surface area contributed by atoms with E-state index in [1.165, 1.54) is 7.11 Å². The van der Waals surface area contributed by atoms with Gasteiger partial charge in [0.15, 0.2) is 16.7 Å². The summed E-state index contributed by atoms with van der Waals surface area (Å²) in [4.78, 5) is 8.31. The molecule has 0 bridgehead atoms. The summed E-state index contributed by atoms with van der Waals surface area (Å²) < 4.78 is 10.1. The molecule has 1 aromatic heterocycles. The highest BCUT2D eigenvalue weighted by Gasteiger charge is 2.14. The fourth-order valence-electron chi connectivity index (χ4n) is 1.07. The van der Waals surface area contributed by atoms with Crippen molar-refractivity contribution < 1.29 is 9.47 Å². The molecule has 0 saturated carbocycles. The van der Waals surface area contributed by atoms with Gasteiger partial charge in [0.05, 0.1) is 12.8 Å². The summed E-state index contributed by atoms with van der Waals surface area (Å²) in [5.74, 6) is 1.08. The van der Waals surface area contributed by atoms with Gasteiger partial charge in [0.1, 0.15) is 6.10 Å². The molecule has 1 rings (SSSR count). The lowest BCUT2D eigenvalue weighted by molar-refractivity contribution is 0.111. The van der Waals surface area contributed by atoms with Crippen LogP contribution in [-0.4, -0.2) is 24.2 Å². The third-order valence-electron chi connectivity index (χ3n) is 1.93. The number of nitrogens with zero attached hydrogens (tertiary/aromatic N) is 2. The molecule has 0 spiro atoms. The molecule has 0 aliphatic heterocycles. The molecule has 0 aromatic carbocycles. The normalized spacial score (nSPS) is 12.6. The molecule has 14 heavy (non-hydrogen) atoms. The van der Waals surface area contributed by atoms with Crippen molar-refractivity contribution in [3.63, 3.8) is 0 Å². The third-order valence-corrected chi connectivity index (χ3v) is 2.19. The van der Waals surface area contributed by atoms with E-state index in [2.05, 4.69) is 9.97 Å². The van der Waals surface area contributed by atoms with E-state index in [1.54, 1.807) is 7.11 Å². The molecule has 4 nitrogen and oxygen atoms in total. The van der Waals surface area contributed by atoms with E-state index in [-0.39, 0.29) is 6.10 Å². The first kappa shape index (κ1) is 11.2. The van der Waals surface area contributed by atoms with Crippen LogP contribution < -0.4 is 4.74 Å².